The highest BCUT2D eigenvalue weighted by Gasteiger charge is 2.21. The molecule has 0 unspecified atom stereocenters. The number of nitrogens with one attached hydrogen (secondary N) is 1. The molecule has 0 aliphatic carbocycles. The normalized spacial score (nSPS) is 15.3. The van der Waals surface area contributed by atoms with Crippen molar-refractivity contribution in [1.82, 2.24) is 4.90 Å². The van der Waals surface area contributed by atoms with Crippen molar-refractivity contribution in [1.29, 1.82) is 0 Å². The molecule has 0 atom stereocenters. The molecule has 4 nitrogen and oxygen atoms in total. The highest BCUT2D eigenvalue weighted by molar-refractivity contribution is 7.12. The second-order valence-electron chi connectivity index (χ2n) is 6.44. The predicted molar refractivity (Wildman–Crippen MR) is 97.8 cm³/mol. The van der Waals surface area contributed by atoms with E-state index in [4.69, 9.17) is 0 Å². The van der Waals surface area contributed by atoms with Crippen LogP contribution in [0.25, 0.3) is 0 Å². The molecule has 5 heteroatoms. The Kier molecular flexibility index (Phi) is 5.00. The van der Waals surface area contributed by atoms with E-state index in [2.05, 4.69) is 12.2 Å². The first-order valence-electron chi connectivity index (χ1n) is 8.29. The minimum absolute atomic E-state index is 0.0844. The molecule has 1 fully saturated rings. The van der Waals surface area contributed by atoms with E-state index >= 15 is 0 Å². The van der Waals surface area contributed by atoms with Crippen LogP contribution in [0.15, 0.2) is 35.7 Å². The number of aryl methyl sites for hydroxylation is 1. The Hall–Kier alpha value is -2.14. The van der Waals surface area contributed by atoms with Gasteiger partial charge in [-0.25, -0.2) is 0 Å². The molecule has 1 aliphatic heterocycles. The fraction of sp³-hybridized carbons (Fsp3) is 0.368. The molecule has 126 valence electrons. The van der Waals surface area contributed by atoms with Crippen LogP contribution < -0.4 is 5.32 Å². The van der Waals surface area contributed by atoms with Crippen LogP contribution in [-0.2, 0) is 0 Å². The second kappa shape index (κ2) is 7.18. The van der Waals surface area contributed by atoms with Gasteiger partial charge in [-0.2, -0.15) is 0 Å². The lowest BCUT2D eigenvalue weighted by molar-refractivity contribution is 0.0697. The molecule has 2 amide bonds. The van der Waals surface area contributed by atoms with E-state index in [-0.39, 0.29) is 11.8 Å². The van der Waals surface area contributed by atoms with Gasteiger partial charge in [-0.3, -0.25) is 9.59 Å². The van der Waals surface area contributed by atoms with E-state index < -0.39 is 0 Å². The van der Waals surface area contributed by atoms with E-state index in [1.54, 1.807) is 12.1 Å². The zero-order valence-electron chi connectivity index (χ0n) is 14.0. The third kappa shape index (κ3) is 3.67. The summed E-state index contributed by atoms with van der Waals surface area (Å²) >= 11 is 1.41. The number of hydrogen-bond acceptors (Lipinski definition) is 3. The maximum Gasteiger partial charge on any atom is 0.265 e. The summed E-state index contributed by atoms with van der Waals surface area (Å²) in [5.74, 6) is 0.670. The third-order valence-electron chi connectivity index (χ3n) is 4.54. The van der Waals surface area contributed by atoms with Crippen molar-refractivity contribution in [3.8, 4) is 0 Å². The monoisotopic (exact) mass is 342 g/mol. The number of carbonyl (C=O) groups is 2. The van der Waals surface area contributed by atoms with E-state index in [0.717, 1.165) is 37.2 Å². The molecule has 2 heterocycles. The minimum atomic E-state index is -0.114. The third-order valence-corrected chi connectivity index (χ3v) is 5.41. The molecule has 1 saturated heterocycles. The zero-order valence-corrected chi connectivity index (χ0v) is 14.9. The SMILES string of the molecule is Cc1cc(C(=O)N2CCC(C)CC2)ccc1NC(=O)c1cccs1. The number of amides is 2. The molecule has 0 spiro atoms. The van der Waals surface area contributed by atoms with Crippen LogP contribution in [0.2, 0.25) is 0 Å². The Morgan fingerprint density at radius 1 is 1.21 bits per heavy atom. The van der Waals surface area contributed by atoms with Crippen molar-refractivity contribution in [3.63, 3.8) is 0 Å². The summed E-state index contributed by atoms with van der Waals surface area (Å²) in [6.07, 6.45) is 2.14. The quantitative estimate of drug-likeness (QED) is 0.909. The number of rotatable bonds is 3. The smallest absolute Gasteiger partial charge is 0.265 e. The summed E-state index contributed by atoms with van der Waals surface area (Å²) in [5.41, 5.74) is 2.34. The van der Waals surface area contributed by atoms with E-state index in [1.807, 2.05) is 35.4 Å². The highest BCUT2D eigenvalue weighted by Crippen LogP contribution is 2.22. The molecule has 1 aromatic heterocycles. The minimum Gasteiger partial charge on any atom is -0.339 e. The molecule has 2 aromatic rings. The lowest BCUT2D eigenvalue weighted by Gasteiger charge is -2.30. The van der Waals surface area contributed by atoms with Crippen LogP contribution in [0.5, 0.6) is 0 Å². The average molecular weight is 342 g/mol. The Morgan fingerprint density at radius 3 is 2.58 bits per heavy atom. The first-order valence-corrected chi connectivity index (χ1v) is 9.17. The van der Waals surface area contributed by atoms with E-state index in [1.165, 1.54) is 11.3 Å². The fourth-order valence-electron chi connectivity index (χ4n) is 2.92. The van der Waals surface area contributed by atoms with Gasteiger partial charge in [-0.1, -0.05) is 13.0 Å². The molecule has 3 rings (SSSR count). The largest absolute Gasteiger partial charge is 0.339 e. The number of benzene rings is 1. The Balaban J connectivity index is 1.70. The molecule has 1 aromatic carbocycles. The van der Waals surface area contributed by atoms with Crippen molar-refractivity contribution >= 4 is 28.8 Å². The van der Waals surface area contributed by atoms with Gasteiger partial charge < -0.3 is 10.2 Å². The number of likely N-dealkylation sites (tertiary alicyclic amines) is 1. The first-order chi connectivity index (χ1) is 11.5. The molecule has 0 bridgehead atoms. The van der Waals surface area contributed by atoms with Crippen LogP contribution in [0.3, 0.4) is 0 Å². The van der Waals surface area contributed by atoms with Crippen molar-refractivity contribution < 1.29 is 9.59 Å². The zero-order chi connectivity index (χ0) is 17.1. The van der Waals surface area contributed by atoms with Crippen LogP contribution in [-0.4, -0.2) is 29.8 Å². The lowest BCUT2D eigenvalue weighted by Crippen LogP contribution is -2.37. The van der Waals surface area contributed by atoms with Gasteiger partial charge in [0, 0.05) is 24.3 Å². The molecular weight excluding hydrogens is 320 g/mol. The Labute approximate surface area is 146 Å². The number of carbonyl (C=O) groups excluding carboxylic acids is 2. The van der Waals surface area contributed by atoms with Gasteiger partial charge in [0.2, 0.25) is 0 Å². The van der Waals surface area contributed by atoms with Gasteiger partial charge in [-0.05, 0) is 60.9 Å². The van der Waals surface area contributed by atoms with Crippen LogP contribution in [0, 0.1) is 12.8 Å². The van der Waals surface area contributed by atoms with Crippen LogP contribution >= 0.6 is 11.3 Å². The van der Waals surface area contributed by atoms with Crippen molar-refractivity contribution in [2.24, 2.45) is 5.92 Å². The number of anilines is 1. The highest BCUT2D eigenvalue weighted by atomic mass is 32.1. The average Bonchev–Trinajstić information content (AvgIpc) is 3.11. The van der Waals surface area contributed by atoms with Crippen molar-refractivity contribution in [2.75, 3.05) is 18.4 Å². The number of nitrogens with zero attached hydrogens (tertiary/aromatic N) is 1. The van der Waals surface area contributed by atoms with Gasteiger partial charge in [-0.15, -0.1) is 11.3 Å². The van der Waals surface area contributed by atoms with Gasteiger partial charge in [0.05, 0.1) is 4.88 Å². The summed E-state index contributed by atoms with van der Waals surface area (Å²) in [7, 11) is 0. The topological polar surface area (TPSA) is 49.4 Å². The van der Waals surface area contributed by atoms with Crippen molar-refractivity contribution in [3.05, 3.63) is 51.7 Å². The lowest BCUT2D eigenvalue weighted by atomic mass is 9.98. The molecule has 1 aliphatic rings. The maximum atomic E-state index is 12.6. The van der Waals surface area contributed by atoms with Crippen LogP contribution in [0.1, 0.15) is 45.4 Å². The van der Waals surface area contributed by atoms with Gasteiger partial charge in [0.15, 0.2) is 0 Å². The fourth-order valence-corrected chi connectivity index (χ4v) is 3.54. The first kappa shape index (κ1) is 16.7. The molecular formula is C19H22N2O2S. The number of hydrogen-bond donors (Lipinski definition) is 1. The van der Waals surface area contributed by atoms with Gasteiger partial charge in [0.1, 0.15) is 0 Å². The number of piperidine rings is 1. The van der Waals surface area contributed by atoms with Crippen molar-refractivity contribution in [2.45, 2.75) is 26.7 Å². The molecule has 0 saturated carbocycles. The van der Waals surface area contributed by atoms with E-state index in [0.29, 0.717) is 16.4 Å². The molecule has 24 heavy (non-hydrogen) atoms. The summed E-state index contributed by atoms with van der Waals surface area (Å²) < 4.78 is 0. The predicted octanol–water partition coefficient (Wildman–Crippen LogP) is 4.18. The summed E-state index contributed by atoms with van der Waals surface area (Å²) in [6.45, 7) is 5.81. The maximum absolute atomic E-state index is 12.6. The van der Waals surface area contributed by atoms with Gasteiger partial charge >= 0.3 is 0 Å². The van der Waals surface area contributed by atoms with Crippen LogP contribution in [0.4, 0.5) is 5.69 Å². The summed E-state index contributed by atoms with van der Waals surface area (Å²) in [4.78, 5) is 27.4. The standard InChI is InChI=1S/C19H22N2O2S/c1-13-7-9-21(10-8-13)19(23)15-5-6-16(14(2)12-15)20-18(22)17-4-3-11-24-17/h3-6,11-13H,7-10H2,1-2H3,(H,20,22). The molecule has 0 radical (unpaired) electrons. The molecule has 1 N–H and O–H groups in total. The summed E-state index contributed by atoms with van der Waals surface area (Å²) in [5, 5.41) is 4.79. The summed E-state index contributed by atoms with van der Waals surface area (Å²) in [6, 6.07) is 9.14. The second-order valence-corrected chi connectivity index (χ2v) is 7.38. The van der Waals surface area contributed by atoms with Gasteiger partial charge in [0.25, 0.3) is 11.8 Å². The van der Waals surface area contributed by atoms with E-state index in [9.17, 15) is 9.59 Å². The number of thiophene rings is 1. The Bertz CT molecular complexity index is 732. The Morgan fingerprint density at radius 2 is 1.96 bits per heavy atom.